The molecule has 1 atom stereocenters. The molecule has 7 nitrogen and oxygen atoms in total. The highest BCUT2D eigenvalue weighted by molar-refractivity contribution is 9.10. The van der Waals surface area contributed by atoms with Crippen LogP contribution in [-0.2, 0) is 4.74 Å². The van der Waals surface area contributed by atoms with Gasteiger partial charge >= 0.3 is 6.09 Å². The summed E-state index contributed by atoms with van der Waals surface area (Å²) < 4.78 is 6.18. The van der Waals surface area contributed by atoms with Gasteiger partial charge in [-0.3, -0.25) is 0 Å². The topological polar surface area (TPSA) is 93.2 Å². The van der Waals surface area contributed by atoms with E-state index in [1.54, 1.807) is 37.8 Å². The Kier molecular flexibility index (Phi) is 6.85. The van der Waals surface area contributed by atoms with Gasteiger partial charge in [0.25, 0.3) is 0 Å². The van der Waals surface area contributed by atoms with Crippen LogP contribution in [0.4, 0.5) is 10.5 Å². The lowest BCUT2D eigenvalue weighted by atomic mass is 10.0. The standard InChI is InChI=1S/C21H20BrCl2N5O2/c1-21(2,3)31-20(30)29-7-6-28(11-12(29)4-5-25)18-13-8-16(23)15(22)9-17(13)27-19(24)14(18)10-26/h8-9,12H,4,6-7,11H2,1-3H3/t12-/m0/s1. The first-order valence-electron chi connectivity index (χ1n) is 9.55. The molecule has 1 saturated heterocycles. The van der Waals surface area contributed by atoms with Gasteiger partial charge < -0.3 is 14.5 Å². The molecule has 0 spiro atoms. The highest BCUT2D eigenvalue weighted by Crippen LogP contribution is 2.38. The molecule has 0 bridgehead atoms. The summed E-state index contributed by atoms with van der Waals surface area (Å²) >= 11 is 16.0. The number of carbonyl (C=O) groups excluding carboxylic acids is 1. The third-order valence-electron chi connectivity index (χ3n) is 4.82. The number of ether oxygens (including phenoxy) is 1. The van der Waals surface area contributed by atoms with Crippen LogP contribution in [0, 0.1) is 22.7 Å². The molecule has 1 aliphatic rings. The Morgan fingerprint density at radius 3 is 2.65 bits per heavy atom. The molecule has 1 aromatic heterocycles. The average molecular weight is 525 g/mol. The molecule has 1 aromatic carbocycles. The van der Waals surface area contributed by atoms with E-state index >= 15 is 0 Å². The van der Waals surface area contributed by atoms with Gasteiger partial charge in [-0.05, 0) is 48.8 Å². The van der Waals surface area contributed by atoms with Gasteiger partial charge in [-0.25, -0.2) is 9.78 Å². The van der Waals surface area contributed by atoms with Crippen molar-refractivity contribution in [2.75, 3.05) is 24.5 Å². The number of amides is 1. The Balaban J connectivity index is 2.04. The highest BCUT2D eigenvalue weighted by Gasteiger charge is 2.35. The minimum absolute atomic E-state index is 0.0885. The molecular weight excluding hydrogens is 505 g/mol. The molecule has 0 unspecified atom stereocenters. The molecule has 0 radical (unpaired) electrons. The zero-order valence-corrected chi connectivity index (χ0v) is 20.3. The number of benzene rings is 1. The number of pyridine rings is 1. The van der Waals surface area contributed by atoms with Crippen LogP contribution >= 0.6 is 39.1 Å². The predicted molar refractivity (Wildman–Crippen MR) is 123 cm³/mol. The van der Waals surface area contributed by atoms with Crippen molar-refractivity contribution in [2.24, 2.45) is 0 Å². The number of anilines is 1. The van der Waals surface area contributed by atoms with E-state index in [-0.39, 0.29) is 17.1 Å². The number of nitrogens with zero attached hydrogens (tertiary/aromatic N) is 5. The van der Waals surface area contributed by atoms with E-state index in [1.807, 2.05) is 4.90 Å². The fraction of sp³-hybridized carbons (Fsp3) is 0.429. The molecular formula is C21H20BrCl2N5O2. The van der Waals surface area contributed by atoms with Crippen LogP contribution in [0.15, 0.2) is 16.6 Å². The number of rotatable bonds is 2. The number of nitriles is 2. The highest BCUT2D eigenvalue weighted by atomic mass is 79.9. The van der Waals surface area contributed by atoms with Crippen LogP contribution in [0.5, 0.6) is 0 Å². The van der Waals surface area contributed by atoms with Crippen molar-refractivity contribution >= 4 is 61.8 Å². The van der Waals surface area contributed by atoms with Crippen LogP contribution < -0.4 is 4.90 Å². The van der Waals surface area contributed by atoms with Gasteiger partial charge in [0.15, 0.2) is 0 Å². The Hall–Kier alpha value is -2.26. The molecule has 2 heterocycles. The first-order valence-corrected chi connectivity index (χ1v) is 11.1. The maximum absolute atomic E-state index is 12.7. The van der Waals surface area contributed by atoms with Gasteiger partial charge in [0.05, 0.1) is 34.8 Å². The summed E-state index contributed by atoms with van der Waals surface area (Å²) in [6.07, 6.45) is -0.335. The number of halogens is 3. The van der Waals surface area contributed by atoms with E-state index in [1.165, 1.54) is 0 Å². The number of aromatic nitrogens is 1. The Morgan fingerprint density at radius 2 is 2.03 bits per heavy atom. The smallest absolute Gasteiger partial charge is 0.410 e. The molecule has 1 aliphatic heterocycles. The quantitative estimate of drug-likeness (QED) is 0.480. The maximum Gasteiger partial charge on any atom is 0.410 e. The Labute approximate surface area is 199 Å². The van der Waals surface area contributed by atoms with Gasteiger partial charge in [-0.15, -0.1) is 0 Å². The summed E-state index contributed by atoms with van der Waals surface area (Å²) in [5, 5.41) is 20.3. The number of hydrogen-bond acceptors (Lipinski definition) is 6. The number of carbonyl (C=O) groups is 1. The SMILES string of the molecule is CC(C)(C)OC(=O)N1CCN(c2c(C#N)c(Cl)nc3cc(Br)c(Cl)cc23)C[C@@H]1CC#N. The molecule has 0 saturated carbocycles. The Bertz CT molecular complexity index is 1120. The number of fused-ring (bicyclic) bond motifs is 1. The van der Waals surface area contributed by atoms with Gasteiger partial charge in [0.1, 0.15) is 22.4 Å². The van der Waals surface area contributed by atoms with Gasteiger partial charge in [0.2, 0.25) is 0 Å². The lowest BCUT2D eigenvalue weighted by Gasteiger charge is -2.42. The second-order valence-electron chi connectivity index (χ2n) is 8.16. The molecule has 1 amide bonds. The molecule has 3 rings (SSSR count). The summed E-state index contributed by atoms with van der Waals surface area (Å²) in [5.41, 5.74) is 0.771. The van der Waals surface area contributed by atoms with E-state index in [0.29, 0.717) is 45.7 Å². The van der Waals surface area contributed by atoms with Crippen molar-refractivity contribution in [3.8, 4) is 12.1 Å². The fourth-order valence-electron chi connectivity index (χ4n) is 3.54. The van der Waals surface area contributed by atoms with Crippen molar-refractivity contribution in [3.63, 3.8) is 0 Å². The number of piperazine rings is 1. The molecule has 0 aliphatic carbocycles. The lowest BCUT2D eigenvalue weighted by Crippen LogP contribution is -2.56. The van der Waals surface area contributed by atoms with Gasteiger partial charge in [-0.1, -0.05) is 23.2 Å². The van der Waals surface area contributed by atoms with Crippen molar-refractivity contribution < 1.29 is 9.53 Å². The maximum atomic E-state index is 12.7. The van der Waals surface area contributed by atoms with Gasteiger partial charge in [0, 0.05) is 29.5 Å². The minimum atomic E-state index is -0.641. The fourth-order valence-corrected chi connectivity index (χ4v) is 4.26. The monoisotopic (exact) mass is 523 g/mol. The summed E-state index contributed by atoms with van der Waals surface area (Å²) in [6.45, 7) is 6.49. The van der Waals surface area contributed by atoms with Crippen LogP contribution in [0.3, 0.4) is 0 Å². The second-order valence-corrected chi connectivity index (χ2v) is 9.78. The molecule has 2 aromatic rings. The molecule has 1 fully saturated rings. The van der Waals surface area contributed by atoms with E-state index in [4.69, 9.17) is 27.9 Å². The molecule has 31 heavy (non-hydrogen) atoms. The molecule has 0 N–H and O–H groups in total. The second kappa shape index (κ2) is 9.08. The first kappa shape index (κ1) is 23.4. The number of hydrogen-bond donors (Lipinski definition) is 0. The van der Waals surface area contributed by atoms with Crippen molar-refractivity contribution in [2.45, 2.75) is 38.8 Å². The average Bonchev–Trinajstić information content (AvgIpc) is 2.67. The summed E-state index contributed by atoms with van der Waals surface area (Å²) in [6, 6.07) is 7.36. The summed E-state index contributed by atoms with van der Waals surface area (Å²) in [7, 11) is 0. The normalized spacial score (nSPS) is 16.7. The zero-order valence-electron chi connectivity index (χ0n) is 17.2. The van der Waals surface area contributed by atoms with Crippen LogP contribution in [0.1, 0.15) is 32.8 Å². The summed E-state index contributed by atoms with van der Waals surface area (Å²) in [4.78, 5) is 20.6. The van der Waals surface area contributed by atoms with Gasteiger partial charge in [-0.2, -0.15) is 10.5 Å². The van der Waals surface area contributed by atoms with Crippen molar-refractivity contribution in [3.05, 3.63) is 32.3 Å². The molecule has 162 valence electrons. The predicted octanol–water partition coefficient (Wildman–Crippen LogP) is 5.52. The first-order chi connectivity index (χ1) is 14.6. The lowest BCUT2D eigenvalue weighted by molar-refractivity contribution is 0.0145. The third-order valence-corrected chi connectivity index (χ3v) is 6.29. The van der Waals surface area contributed by atoms with Crippen LogP contribution in [0.25, 0.3) is 10.9 Å². The largest absolute Gasteiger partial charge is 0.444 e. The van der Waals surface area contributed by atoms with E-state index in [9.17, 15) is 15.3 Å². The van der Waals surface area contributed by atoms with Crippen molar-refractivity contribution in [1.29, 1.82) is 10.5 Å². The van der Waals surface area contributed by atoms with Crippen LogP contribution in [-0.4, -0.2) is 47.3 Å². The minimum Gasteiger partial charge on any atom is -0.444 e. The van der Waals surface area contributed by atoms with Crippen LogP contribution in [0.2, 0.25) is 10.2 Å². The van der Waals surface area contributed by atoms with E-state index < -0.39 is 17.7 Å². The van der Waals surface area contributed by atoms with E-state index in [0.717, 1.165) is 0 Å². The van der Waals surface area contributed by atoms with Crippen molar-refractivity contribution in [1.82, 2.24) is 9.88 Å². The molecule has 10 heteroatoms. The van der Waals surface area contributed by atoms with E-state index in [2.05, 4.69) is 33.1 Å². The zero-order chi connectivity index (χ0) is 22.9. The third kappa shape index (κ3) is 4.98. The Morgan fingerprint density at radius 1 is 1.32 bits per heavy atom. The summed E-state index contributed by atoms with van der Waals surface area (Å²) in [5.74, 6) is 0.